The molecular formula is C35H21F3N4OS2. The lowest BCUT2D eigenvalue weighted by molar-refractivity contribution is -0.249. The first-order chi connectivity index (χ1) is 21.6. The van der Waals surface area contributed by atoms with E-state index in [9.17, 15) is 15.8 Å². The molecule has 45 heavy (non-hydrogen) atoms. The zero-order valence-corrected chi connectivity index (χ0v) is 25.4. The van der Waals surface area contributed by atoms with E-state index in [0.717, 1.165) is 36.3 Å². The maximum absolute atomic E-state index is 15.0. The smallest absolute Gasteiger partial charge is 0.437 e. The fourth-order valence-electron chi connectivity index (χ4n) is 5.34. The maximum atomic E-state index is 15.0. The van der Waals surface area contributed by atoms with Gasteiger partial charge in [0.15, 0.2) is 11.3 Å². The molecule has 1 unspecified atom stereocenters. The van der Waals surface area contributed by atoms with Crippen molar-refractivity contribution in [1.82, 2.24) is 0 Å². The summed E-state index contributed by atoms with van der Waals surface area (Å²) in [6.45, 7) is 0. The van der Waals surface area contributed by atoms with Gasteiger partial charge >= 0.3 is 6.18 Å². The number of fused-ring (bicyclic) bond motifs is 2. The number of allylic oxidation sites excluding steroid dienone is 2. The molecule has 3 heterocycles. The van der Waals surface area contributed by atoms with Gasteiger partial charge in [0.2, 0.25) is 0 Å². The van der Waals surface area contributed by atoms with E-state index in [1.54, 1.807) is 35.6 Å². The highest BCUT2D eigenvalue weighted by Gasteiger charge is 2.65. The average molecular weight is 635 g/mol. The van der Waals surface area contributed by atoms with Crippen LogP contribution in [0.25, 0.3) is 36.7 Å². The number of nitriles is 3. The van der Waals surface area contributed by atoms with Gasteiger partial charge in [-0.1, -0.05) is 48.5 Å². The molecule has 0 aliphatic carbocycles. The Balaban J connectivity index is 1.44. The molecule has 3 aromatic carbocycles. The lowest BCUT2D eigenvalue weighted by Gasteiger charge is -2.33. The van der Waals surface area contributed by atoms with Crippen molar-refractivity contribution in [3.05, 3.63) is 118 Å². The van der Waals surface area contributed by atoms with E-state index in [1.807, 2.05) is 25.1 Å². The van der Waals surface area contributed by atoms with Gasteiger partial charge in [0.25, 0.3) is 5.60 Å². The summed E-state index contributed by atoms with van der Waals surface area (Å²) in [6, 6.07) is 28.3. The Morgan fingerprint density at radius 3 is 2.09 bits per heavy atom. The van der Waals surface area contributed by atoms with Gasteiger partial charge in [-0.3, -0.25) is 0 Å². The maximum Gasteiger partial charge on any atom is 0.437 e. The van der Waals surface area contributed by atoms with Crippen LogP contribution in [0.2, 0.25) is 0 Å². The molecule has 6 rings (SSSR count). The largest absolute Gasteiger partial charge is 0.465 e. The fourth-order valence-corrected chi connectivity index (χ4v) is 7.44. The Labute approximate surface area is 264 Å². The molecule has 1 aliphatic rings. The molecule has 0 N–H and O–H groups in total. The first kappa shape index (κ1) is 29.7. The second-order valence-corrected chi connectivity index (χ2v) is 12.6. The first-order valence-corrected chi connectivity index (χ1v) is 15.2. The van der Waals surface area contributed by atoms with Crippen LogP contribution < -0.4 is 4.90 Å². The molecule has 1 atom stereocenters. The normalized spacial score (nSPS) is 16.5. The van der Waals surface area contributed by atoms with Gasteiger partial charge in [0.05, 0.1) is 0 Å². The van der Waals surface area contributed by atoms with Gasteiger partial charge in [-0.25, -0.2) is 0 Å². The number of anilines is 1. The summed E-state index contributed by atoms with van der Waals surface area (Å²) in [5.41, 5.74) is -2.87. The number of halogens is 3. The van der Waals surface area contributed by atoms with Crippen LogP contribution in [0, 0.1) is 34.0 Å². The van der Waals surface area contributed by atoms with E-state index in [4.69, 9.17) is 4.74 Å². The molecule has 10 heteroatoms. The van der Waals surface area contributed by atoms with Crippen LogP contribution in [0.5, 0.6) is 0 Å². The van der Waals surface area contributed by atoms with Crippen LogP contribution >= 0.6 is 22.7 Å². The van der Waals surface area contributed by atoms with Crippen molar-refractivity contribution in [2.24, 2.45) is 0 Å². The van der Waals surface area contributed by atoms with Crippen LogP contribution in [0.4, 0.5) is 18.9 Å². The second kappa shape index (κ2) is 11.3. The number of alkyl halides is 3. The summed E-state index contributed by atoms with van der Waals surface area (Å²) in [4.78, 5) is 3.84. The van der Waals surface area contributed by atoms with Gasteiger partial charge in [0, 0.05) is 50.1 Å². The average Bonchev–Trinajstić information content (AvgIpc) is 3.72. The summed E-state index contributed by atoms with van der Waals surface area (Å²) in [6.07, 6.45) is -2.32. The van der Waals surface area contributed by atoms with Gasteiger partial charge < -0.3 is 9.64 Å². The highest BCUT2D eigenvalue weighted by molar-refractivity contribution is 7.23. The summed E-state index contributed by atoms with van der Waals surface area (Å²) in [5.74, 6) is -0.688. The minimum atomic E-state index is -5.04. The molecule has 0 bridgehead atoms. The number of hydrogen-bond donors (Lipinski definition) is 0. The van der Waals surface area contributed by atoms with E-state index in [0.29, 0.717) is 4.88 Å². The number of ether oxygens (including phenoxy) is 1. The zero-order chi connectivity index (χ0) is 31.9. The molecule has 2 aromatic heterocycles. The predicted molar refractivity (Wildman–Crippen MR) is 172 cm³/mol. The number of hydrogen-bond acceptors (Lipinski definition) is 7. The van der Waals surface area contributed by atoms with Crippen molar-refractivity contribution >= 4 is 54.6 Å². The molecule has 1 aliphatic heterocycles. The summed E-state index contributed by atoms with van der Waals surface area (Å²) < 4.78 is 52.6. The quantitative estimate of drug-likeness (QED) is 0.180. The third-order valence-corrected chi connectivity index (χ3v) is 9.74. The topological polar surface area (TPSA) is 83.8 Å². The van der Waals surface area contributed by atoms with Crippen molar-refractivity contribution < 1.29 is 17.9 Å². The Morgan fingerprint density at radius 2 is 1.49 bits per heavy atom. The fraction of sp³-hybridized carbons (Fsp3) is 0.114. The van der Waals surface area contributed by atoms with Gasteiger partial charge in [-0.15, -0.1) is 22.7 Å². The molecule has 0 saturated heterocycles. The van der Waals surface area contributed by atoms with E-state index < -0.39 is 34.3 Å². The minimum Gasteiger partial charge on any atom is -0.465 e. The number of nitrogens with zero attached hydrogens (tertiary/aromatic N) is 4. The highest BCUT2D eigenvalue weighted by atomic mass is 32.1. The summed E-state index contributed by atoms with van der Waals surface area (Å²) in [7, 11) is 3.99. The Kier molecular flexibility index (Phi) is 7.46. The van der Waals surface area contributed by atoms with Gasteiger partial charge in [-0.05, 0) is 58.8 Å². The van der Waals surface area contributed by atoms with Crippen molar-refractivity contribution in [3.8, 4) is 28.6 Å². The minimum absolute atomic E-state index is 0.279. The first-order valence-electron chi connectivity index (χ1n) is 13.5. The Hall–Kier alpha value is -5.34. The zero-order valence-electron chi connectivity index (χ0n) is 23.8. The van der Waals surface area contributed by atoms with Crippen LogP contribution in [0.3, 0.4) is 0 Å². The Morgan fingerprint density at radius 1 is 0.844 bits per heavy atom. The van der Waals surface area contributed by atoms with Crippen LogP contribution in [0.15, 0.2) is 107 Å². The third-order valence-electron chi connectivity index (χ3n) is 7.53. The van der Waals surface area contributed by atoms with Crippen molar-refractivity contribution in [1.29, 1.82) is 15.8 Å². The lowest BCUT2D eigenvalue weighted by atomic mass is 9.84. The standard InChI is InChI=1S/C35H21F3N4OS2/c1-42(2)26-10-8-21(9-11-26)30-16-23-17-31-22(15-32(23)45-30)14-27(44-31)12-13-29-28(20-41)33(24(18-39)19-40)43-34(29,35(36,37)38)25-6-4-3-5-7-25/h3-17H,1-2H3/b13-12+. The molecular weight excluding hydrogens is 614 g/mol. The number of thiophene rings is 2. The van der Waals surface area contributed by atoms with Gasteiger partial charge in [0.1, 0.15) is 23.8 Å². The molecule has 0 saturated carbocycles. The monoisotopic (exact) mass is 634 g/mol. The summed E-state index contributed by atoms with van der Waals surface area (Å²) >= 11 is 3.07. The number of benzene rings is 3. The highest BCUT2D eigenvalue weighted by Crippen LogP contribution is 2.56. The molecule has 0 amide bonds. The van der Waals surface area contributed by atoms with Gasteiger partial charge in [-0.2, -0.15) is 29.0 Å². The van der Waals surface area contributed by atoms with Crippen LogP contribution in [-0.4, -0.2) is 20.3 Å². The third kappa shape index (κ3) is 5.03. The van der Waals surface area contributed by atoms with E-state index in [1.165, 1.54) is 47.8 Å². The molecule has 5 aromatic rings. The van der Waals surface area contributed by atoms with Crippen molar-refractivity contribution in [2.75, 3.05) is 19.0 Å². The number of rotatable bonds is 5. The van der Waals surface area contributed by atoms with E-state index in [-0.39, 0.29) is 5.56 Å². The lowest BCUT2D eigenvalue weighted by Crippen LogP contribution is -2.43. The van der Waals surface area contributed by atoms with Crippen LogP contribution in [-0.2, 0) is 10.3 Å². The van der Waals surface area contributed by atoms with E-state index >= 15 is 13.2 Å². The van der Waals surface area contributed by atoms with Crippen LogP contribution in [0.1, 0.15) is 10.4 Å². The predicted octanol–water partition coefficient (Wildman–Crippen LogP) is 9.47. The van der Waals surface area contributed by atoms with Crippen molar-refractivity contribution in [3.63, 3.8) is 0 Å². The molecule has 5 nitrogen and oxygen atoms in total. The molecule has 220 valence electrons. The molecule has 0 spiro atoms. The second-order valence-electron chi connectivity index (χ2n) is 10.4. The Bertz CT molecular complexity index is 2120. The molecule has 0 radical (unpaired) electrons. The molecule has 0 fully saturated rings. The van der Waals surface area contributed by atoms with Crippen molar-refractivity contribution in [2.45, 2.75) is 11.8 Å². The summed E-state index contributed by atoms with van der Waals surface area (Å²) in [5, 5.41) is 30.9. The SMILES string of the molecule is CN(C)c1ccc(-c2cc3cc4sc(/C=C/C5=C(C#N)C(=C(C#N)C#N)OC5(c5ccccc5)C(F)(F)F)cc4cc3s2)cc1. The van der Waals surface area contributed by atoms with E-state index in [2.05, 4.69) is 42.5 Å².